The lowest BCUT2D eigenvalue weighted by atomic mass is 10.0. The number of carbonyl (C=O) groups is 2. The summed E-state index contributed by atoms with van der Waals surface area (Å²) in [5.41, 5.74) is 0.847. The van der Waals surface area contributed by atoms with Gasteiger partial charge >= 0.3 is 0 Å². The normalized spacial score (nSPS) is 11.6. The van der Waals surface area contributed by atoms with Gasteiger partial charge in [-0.05, 0) is 67.6 Å². The van der Waals surface area contributed by atoms with Crippen LogP contribution in [0.2, 0.25) is 0 Å². The topological polar surface area (TPSA) is 68.5 Å². The van der Waals surface area contributed by atoms with Gasteiger partial charge in [0.2, 0.25) is 0 Å². The van der Waals surface area contributed by atoms with Gasteiger partial charge in [-0.3, -0.25) is 9.59 Å². The Balaban J connectivity index is 1.57. The van der Waals surface area contributed by atoms with Crippen LogP contribution in [0.15, 0.2) is 71.3 Å². The predicted molar refractivity (Wildman–Crippen MR) is 96.9 cm³/mol. The minimum absolute atomic E-state index is 0.217. The van der Waals surface area contributed by atoms with Crippen molar-refractivity contribution in [2.45, 2.75) is 19.6 Å². The first-order chi connectivity index (χ1) is 13.0. The highest BCUT2D eigenvalue weighted by Crippen LogP contribution is 2.17. The van der Waals surface area contributed by atoms with E-state index >= 15 is 0 Å². The fraction of sp³-hybridized carbons (Fsp3) is 0.143. The number of amides is 1. The summed E-state index contributed by atoms with van der Waals surface area (Å²) >= 11 is 0. The van der Waals surface area contributed by atoms with E-state index in [1.807, 2.05) is 0 Å². The maximum atomic E-state index is 13.0. The standard InChI is InChI=1S/C21H18FNO4/c1-14(21(25)23-13-19-3-2-12-26-19)27-18-10-6-16(7-11-18)20(24)15-4-8-17(22)9-5-15/h2-12,14H,13H2,1H3,(H,23,25). The molecule has 0 fully saturated rings. The smallest absolute Gasteiger partial charge is 0.261 e. The summed E-state index contributed by atoms with van der Waals surface area (Å²) < 4.78 is 23.7. The zero-order valence-electron chi connectivity index (χ0n) is 14.6. The molecular weight excluding hydrogens is 349 g/mol. The van der Waals surface area contributed by atoms with Crippen LogP contribution in [0.3, 0.4) is 0 Å². The maximum Gasteiger partial charge on any atom is 0.261 e. The molecule has 2 aromatic carbocycles. The molecule has 6 heteroatoms. The number of hydrogen-bond acceptors (Lipinski definition) is 4. The summed E-state index contributed by atoms with van der Waals surface area (Å²) in [5, 5.41) is 2.72. The van der Waals surface area contributed by atoms with Crippen molar-refractivity contribution in [1.82, 2.24) is 5.32 Å². The molecule has 3 rings (SSSR count). The van der Waals surface area contributed by atoms with Gasteiger partial charge in [0.25, 0.3) is 5.91 Å². The molecule has 1 N–H and O–H groups in total. The van der Waals surface area contributed by atoms with Gasteiger partial charge in [-0.15, -0.1) is 0 Å². The van der Waals surface area contributed by atoms with Crippen molar-refractivity contribution in [2.24, 2.45) is 0 Å². The number of ether oxygens (including phenoxy) is 1. The van der Waals surface area contributed by atoms with E-state index in [9.17, 15) is 14.0 Å². The van der Waals surface area contributed by atoms with Gasteiger partial charge < -0.3 is 14.5 Å². The van der Waals surface area contributed by atoms with Crippen LogP contribution in [0.1, 0.15) is 28.6 Å². The van der Waals surface area contributed by atoms with E-state index in [-0.39, 0.29) is 18.2 Å². The molecule has 1 amide bonds. The largest absolute Gasteiger partial charge is 0.481 e. The van der Waals surface area contributed by atoms with E-state index in [1.54, 1.807) is 43.3 Å². The number of carbonyl (C=O) groups excluding carboxylic acids is 2. The monoisotopic (exact) mass is 367 g/mol. The van der Waals surface area contributed by atoms with Crippen LogP contribution >= 0.6 is 0 Å². The average Bonchev–Trinajstić information content (AvgIpc) is 3.20. The van der Waals surface area contributed by atoms with Gasteiger partial charge in [0, 0.05) is 11.1 Å². The van der Waals surface area contributed by atoms with Gasteiger partial charge in [0.15, 0.2) is 11.9 Å². The zero-order chi connectivity index (χ0) is 19.2. The molecule has 1 aromatic heterocycles. The highest BCUT2D eigenvalue weighted by molar-refractivity contribution is 6.09. The molecular formula is C21H18FNO4. The Bertz CT molecular complexity index is 902. The van der Waals surface area contributed by atoms with Crippen LogP contribution in [-0.4, -0.2) is 17.8 Å². The van der Waals surface area contributed by atoms with E-state index < -0.39 is 11.9 Å². The summed E-state index contributed by atoms with van der Waals surface area (Å²) in [7, 11) is 0. The second kappa shape index (κ2) is 8.31. The first-order valence-corrected chi connectivity index (χ1v) is 8.40. The van der Waals surface area contributed by atoms with E-state index in [1.165, 1.54) is 30.5 Å². The van der Waals surface area contributed by atoms with E-state index in [2.05, 4.69) is 5.32 Å². The quantitative estimate of drug-likeness (QED) is 0.646. The first kappa shape index (κ1) is 18.4. The van der Waals surface area contributed by atoms with Gasteiger partial charge in [0.05, 0.1) is 12.8 Å². The first-order valence-electron chi connectivity index (χ1n) is 8.40. The summed E-state index contributed by atoms with van der Waals surface area (Å²) in [6.45, 7) is 1.92. The van der Waals surface area contributed by atoms with Gasteiger partial charge in [0.1, 0.15) is 17.3 Å². The molecule has 138 valence electrons. The summed E-state index contributed by atoms with van der Waals surface area (Å²) in [6, 6.07) is 15.3. The van der Waals surface area contributed by atoms with Crippen LogP contribution in [0.25, 0.3) is 0 Å². The van der Waals surface area contributed by atoms with Crippen molar-refractivity contribution in [3.63, 3.8) is 0 Å². The second-order valence-electron chi connectivity index (χ2n) is 5.92. The summed E-state index contributed by atoms with van der Waals surface area (Å²) in [4.78, 5) is 24.4. The van der Waals surface area contributed by atoms with Crippen molar-refractivity contribution >= 4 is 11.7 Å². The van der Waals surface area contributed by atoms with Crippen molar-refractivity contribution in [3.05, 3.63) is 89.6 Å². The van der Waals surface area contributed by atoms with Crippen LogP contribution in [0.4, 0.5) is 4.39 Å². The third-order valence-corrected chi connectivity index (χ3v) is 3.92. The zero-order valence-corrected chi connectivity index (χ0v) is 14.6. The molecule has 1 heterocycles. The highest BCUT2D eigenvalue weighted by Gasteiger charge is 2.15. The molecule has 0 saturated carbocycles. The Morgan fingerprint density at radius 3 is 2.26 bits per heavy atom. The van der Waals surface area contributed by atoms with Crippen molar-refractivity contribution in [1.29, 1.82) is 0 Å². The summed E-state index contributed by atoms with van der Waals surface area (Å²) in [5.74, 6) is 0.226. The molecule has 0 aliphatic rings. The molecule has 5 nitrogen and oxygen atoms in total. The Labute approximate surface area is 155 Å². The van der Waals surface area contributed by atoms with Crippen molar-refractivity contribution in [2.75, 3.05) is 0 Å². The number of rotatable bonds is 7. The Kier molecular flexibility index (Phi) is 5.66. The predicted octanol–water partition coefficient (Wildman–Crippen LogP) is 3.73. The molecule has 0 saturated heterocycles. The Hall–Kier alpha value is -3.41. The van der Waals surface area contributed by atoms with Crippen molar-refractivity contribution in [3.8, 4) is 5.75 Å². The molecule has 1 atom stereocenters. The molecule has 0 aliphatic heterocycles. The van der Waals surface area contributed by atoms with Crippen LogP contribution in [0, 0.1) is 5.82 Å². The minimum atomic E-state index is -0.710. The molecule has 0 bridgehead atoms. The van der Waals surface area contributed by atoms with Crippen LogP contribution in [-0.2, 0) is 11.3 Å². The molecule has 0 aliphatic carbocycles. The molecule has 0 radical (unpaired) electrons. The number of hydrogen-bond donors (Lipinski definition) is 1. The average molecular weight is 367 g/mol. The van der Waals surface area contributed by atoms with E-state index in [4.69, 9.17) is 9.15 Å². The molecule has 27 heavy (non-hydrogen) atoms. The fourth-order valence-electron chi connectivity index (χ4n) is 2.44. The van der Waals surface area contributed by atoms with Crippen LogP contribution in [0.5, 0.6) is 5.75 Å². The highest BCUT2D eigenvalue weighted by atomic mass is 19.1. The Morgan fingerprint density at radius 2 is 1.67 bits per heavy atom. The fourth-order valence-corrected chi connectivity index (χ4v) is 2.44. The number of furan rings is 1. The SMILES string of the molecule is CC(Oc1ccc(C(=O)c2ccc(F)cc2)cc1)C(=O)NCc1ccco1. The van der Waals surface area contributed by atoms with E-state index in [0.29, 0.717) is 22.6 Å². The third kappa shape index (κ3) is 4.82. The number of nitrogens with one attached hydrogen (secondary N) is 1. The third-order valence-electron chi connectivity index (χ3n) is 3.92. The molecule has 3 aromatic rings. The van der Waals surface area contributed by atoms with Gasteiger partial charge in [-0.25, -0.2) is 4.39 Å². The minimum Gasteiger partial charge on any atom is -0.481 e. The lowest BCUT2D eigenvalue weighted by Crippen LogP contribution is -2.35. The molecule has 0 spiro atoms. The van der Waals surface area contributed by atoms with Crippen LogP contribution < -0.4 is 10.1 Å². The molecule has 1 unspecified atom stereocenters. The lowest BCUT2D eigenvalue weighted by molar-refractivity contribution is -0.127. The van der Waals surface area contributed by atoms with E-state index in [0.717, 1.165) is 0 Å². The van der Waals surface area contributed by atoms with Crippen molar-refractivity contribution < 1.29 is 23.1 Å². The lowest BCUT2D eigenvalue weighted by Gasteiger charge is -2.14. The summed E-state index contributed by atoms with van der Waals surface area (Å²) in [6.07, 6.45) is 0.828. The Morgan fingerprint density at radius 1 is 1.04 bits per heavy atom. The van der Waals surface area contributed by atoms with Gasteiger partial charge in [-0.1, -0.05) is 0 Å². The number of ketones is 1. The number of halogens is 1. The number of benzene rings is 2. The maximum absolute atomic E-state index is 13.0. The van der Waals surface area contributed by atoms with Gasteiger partial charge in [-0.2, -0.15) is 0 Å². The second-order valence-corrected chi connectivity index (χ2v) is 5.92.